The standard InChI is InChI=1S/C5H2N4O.2ClH/c10-5-6-1-3-4(9-5)8-2-7-3;;/h1-2H;2*1H. The highest BCUT2D eigenvalue weighted by Gasteiger charge is 2.15. The molecule has 2 heterocycles. The molecule has 0 fully saturated rings. The predicted octanol–water partition coefficient (Wildman–Crippen LogP) is 0.916. The second-order valence-corrected chi connectivity index (χ2v) is 1.74. The van der Waals surface area contributed by atoms with Crippen molar-refractivity contribution in [3.8, 4) is 0 Å². The molecule has 0 aromatic carbocycles. The minimum absolute atomic E-state index is 0. The van der Waals surface area contributed by atoms with Gasteiger partial charge in [-0.15, -0.1) is 24.8 Å². The minimum Gasteiger partial charge on any atom is -0.244 e. The van der Waals surface area contributed by atoms with Crippen molar-refractivity contribution in [1.82, 2.24) is 0 Å². The van der Waals surface area contributed by atoms with E-state index in [9.17, 15) is 4.79 Å². The van der Waals surface area contributed by atoms with Gasteiger partial charge in [0.25, 0.3) is 0 Å². The number of fused-ring (bicyclic) bond motifs is 1. The van der Waals surface area contributed by atoms with Gasteiger partial charge in [0.2, 0.25) is 0 Å². The zero-order chi connectivity index (χ0) is 6.97. The summed E-state index contributed by atoms with van der Waals surface area (Å²) in [5.41, 5.74) is 0.555. The topological polar surface area (TPSA) is 66.5 Å². The second-order valence-electron chi connectivity index (χ2n) is 1.74. The number of amides is 2. The number of amidine groups is 1. The minimum atomic E-state index is -0.520. The third kappa shape index (κ3) is 1.75. The van der Waals surface area contributed by atoms with Crippen LogP contribution in [0.25, 0.3) is 0 Å². The smallest absolute Gasteiger partial charge is 0.244 e. The van der Waals surface area contributed by atoms with Crippen LogP contribution < -0.4 is 0 Å². The third-order valence-electron chi connectivity index (χ3n) is 1.10. The van der Waals surface area contributed by atoms with E-state index in [1.54, 1.807) is 0 Å². The Morgan fingerprint density at radius 2 is 1.92 bits per heavy atom. The van der Waals surface area contributed by atoms with E-state index in [0.29, 0.717) is 11.5 Å². The molecule has 7 heteroatoms. The monoisotopic (exact) mass is 206 g/mol. The van der Waals surface area contributed by atoms with Gasteiger partial charge in [-0.05, 0) is 0 Å². The van der Waals surface area contributed by atoms with Gasteiger partial charge in [-0.25, -0.2) is 14.8 Å². The Morgan fingerprint density at radius 1 is 1.17 bits per heavy atom. The maximum absolute atomic E-state index is 10.5. The molecular weight excluding hydrogens is 203 g/mol. The highest BCUT2D eigenvalue weighted by Crippen LogP contribution is 1.99. The lowest BCUT2D eigenvalue weighted by Gasteiger charge is -1.95. The molecule has 0 atom stereocenters. The van der Waals surface area contributed by atoms with Crippen molar-refractivity contribution in [2.45, 2.75) is 0 Å². The first-order chi connectivity index (χ1) is 4.86. The number of hydrogen-bond acceptors (Lipinski definition) is 3. The predicted molar refractivity (Wildman–Crippen MR) is 51.7 cm³/mol. The Kier molecular flexibility index (Phi) is 3.72. The molecule has 0 unspecified atom stereocenters. The molecule has 2 amide bonds. The number of hydrogen-bond donors (Lipinski definition) is 0. The van der Waals surface area contributed by atoms with Gasteiger partial charge in [-0.1, -0.05) is 0 Å². The van der Waals surface area contributed by atoms with Crippen molar-refractivity contribution < 1.29 is 4.79 Å². The van der Waals surface area contributed by atoms with Crippen molar-refractivity contribution in [1.29, 1.82) is 0 Å². The summed E-state index contributed by atoms with van der Waals surface area (Å²) >= 11 is 0. The zero-order valence-corrected chi connectivity index (χ0v) is 7.30. The fraction of sp³-hybridized carbons (Fsp3) is 0. The van der Waals surface area contributed by atoms with Gasteiger partial charge in [0.05, 0.1) is 6.21 Å². The van der Waals surface area contributed by atoms with Crippen LogP contribution in [0.2, 0.25) is 0 Å². The van der Waals surface area contributed by atoms with Crippen LogP contribution in [0.4, 0.5) is 4.79 Å². The Labute approximate surface area is 80.2 Å². The molecule has 64 valence electrons. The molecule has 0 aliphatic carbocycles. The number of urea groups is 1. The van der Waals surface area contributed by atoms with Crippen molar-refractivity contribution in [3.05, 3.63) is 0 Å². The molecule has 5 nitrogen and oxygen atoms in total. The van der Waals surface area contributed by atoms with E-state index in [-0.39, 0.29) is 24.8 Å². The summed E-state index contributed by atoms with van der Waals surface area (Å²) in [5.74, 6) is 0.361. The summed E-state index contributed by atoms with van der Waals surface area (Å²) in [6.45, 7) is 0. The average molecular weight is 207 g/mol. The largest absolute Gasteiger partial charge is 0.369 e. The molecule has 0 aromatic heterocycles. The number of halogens is 2. The van der Waals surface area contributed by atoms with Crippen LogP contribution >= 0.6 is 24.8 Å². The van der Waals surface area contributed by atoms with Crippen molar-refractivity contribution in [2.24, 2.45) is 20.0 Å². The van der Waals surface area contributed by atoms with Crippen LogP contribution in [0.5, 0.6) is 0 Å². The molecule has 2 aliphatic heterocycles. The normalized spacial score (nSPS) is 17.2. The Bertz CT molecular complexity index is 317. The van der Waals surface area contributed by atoms with Gasteiger partial charge in [0.1, 0.15) is 12.1 Å². The Morgan fingerprint density at radius 3 is 2.67 bits per heavy atom. The quantitative estimate of drug-likeness (QED) is 0.582. The molecule has 2 rings (SSSR count). The maximum atomic E-state index is 10.5. The highest BCUT2D eigenvalue weighted by atomic mass is 35.5. The Balaban J connectivity index is 0.000000605. The maximum Gasteiger partial charge on any atom is 0.369 e. The number of carbonyl (C=O) groups is 1. The molecule has 0 spiro atoms. The molecule has 0 bridgehead atoms. The first kappa shape index (κ1) is 10.9. The zero-order valence-electron chi connectivity index (χ0n) is 5.67. The summed E-state index contributed by atoms with van der Waals surface area (Å²) in [7, 11) is 0. The van der Waals surface area contributed by atoms with Gasteiger partial charge in [0.15, 0.2) is 5.84 Å². The van der Waals surface area contributed by atoms with E-state index in [2.05, 4.69) is 20.0 Å². The van der Waals surface area contributed by atoms with E-state index < -0.39 is 6.03 Å². The van der Waals surface area contributed by atoms with Gasteiger partial charge in [-0.2, -0.15) is 9.98 Å². The average Bonchev–Trinajstić information content (AvgIpc) is 2.33. The lowest BCUT2D eigenvalue weighted by atomic mass is 10.3. The first-order valence-corrected chi connectivity index (χ1v) is 2.64. The van der Waals surface area contributed by atoms with Crippen LogP contribution in [-0.4, -0.2) is 30.1 Å². The second kappa shape index (κ2) is 4.08. The van der Waals surface area contributed by atoms with E-state index in [4.69, 9.17) is 0 Å². The highest BCUT2D eigenvalue weighted by molar-refractivity contribution is 6.67. The molecule has 2 aliphatic rings. The van der Waals surface area contributed by atoms with Crippen LogP contribution in [0.3, 0.4) is 0 Å². The number of aliphatic imine (C=N–C) groups is 4. The summed E-state index contributed by atoms with van der Waals surface area (Å²) < 4.78 is 0. The van der Waals surface area contributed by atoms with Crippen molar-refractivity contribution >= 4 is 54.9 Å². The van der Waals surface area contributed by atoms with Crippen molar-refractivity contribution in [3.63, 3.8) is 0 Å². The fourth-order valence-corrected chi connectivity index (χ4v) is 0.683. The van der Waals surface area contributed by atoms with Gasteiger partial charge >= 0.3 is 6.03 Å². The molecule has 12 heavy (non-hydrogen) atoms. The lowest BCUT2D eigenvalue weighted by molar-refractivity contribution is 0.257. The molecule has 0 radical (unpaired) electrons. The van der Waals surface area contributed by atoms with Gasteiger partial charge in [0, 0.05) is 0 Å². The van der Waals surface area contributed by atoms with Crippen LogP contribution in [0.1, 0.15) is 0 Å². The number of nitrogens with zero attached hydrogens (tertiary/aromatic N) is 4. The van der Waals surface area contributed by atoms with E-state index in [0.717, 1.165) is 0 Å². The van der Waals surface area contributed by atoms with E-state index >= 15 is 0 Å². The summed E-state index contributed by atoms with van der Waals surface area (Å²) in [5, 5.41) is 0. The summed E-state index contributed by atoms with van der Waals surface area (Å²) in [6.07, 6.45) is 2.70. The SMILES string of the molecule is Cl.Cl.O=C1N=CC2=NC=NC2=N1. The number of carbonyl (C=O) groups excluding carboxylic acids is 1. The van der Waals surface area contributed by atoms with Gasteiger partial charge in [-0.3, -0.25) is 0 Å². The summed E-state index contributed by atoms with van der Waals surface area (Å²) in [6, 6.07) is -0.520. The lowest BCUT2D eigenvalue weighted by Crippen LogP contribution is -2.16. The van der Waals surface area contributed by atoms with Crippen LogP contribution in [0, 0.1) is 0 Å². The Hall–Kier alpha value is -1.07. The molecule has 0 N–H and O–H groups in total. The van der Waals surface area contributed by atoms with Crippen molar-refractivity contribution in [2.75, 3.05) is 0 Å². The van der Waals surface area contributed by atoms with Crippen LogP contribution in [0.15, 0.2) is 20.0 Å². The number of rotatable bonds is 0. The van der Waals surface area contributed by atoms with Crippen LogP contribution in [-0.2, 0) is 0 Å². The summed E-state index contributed by atoms with van der Waals surface area (Å²) in [4.78, 5) is 24.9. The molecule has 0 aromatic rings. The first-order valence-electron chi connectivity index (χ1n) is 2.64. The third-order valence-corrected chi connectivity index (χ3v) is 1.10. The van der Waals surface area contributed by atoms with E-state index in [1.165, 1.54) is 12.6 Å². The fourth-order valence-electron chi connectivity index (χ4n) is 0.683. The molecular formula is C5H4Cl2N4O. The molecule has 0 saturated heterocycles. The molecule has 0 saturated carbocycles. The van der Waals surface area contributed by atoms with E-state index in [1.807, 2.05) is 0 Å². The van der Waals surface area contributed by atoms with Gasteiger partial charge < -0.3 is 0 Å².